The van der Waals surface area contributed by atoms with E-state index in [0.29, 0.717) is 12.2 Å². The lowest BCUT2D eigenvalue weighted by molar-refractivity contribution is -0.139. The topological polar surface area (TPSA) is 86.8 Å². The maximum atomic E-state index is 13.5. The normalized spacial score (nSPS) is 12.1. The second-order valence-electron chi connectivity index (χ2n) is 8.26. The van der Waals surface area contributed by atoms with Crippen molar-refractivity contribution in [2.45, 2.75) is 52.6 Å². The smallest absolute Gasteiger partial charge is 0.244 e. The monoisotopic (exact) mass is 551 g/mol. The van der Waals surface area contributed by atoms with Crippen LogP contribution in [0.25, 0.3) is 0 Å². The number of carbonyl (C=O) groups is 2. The highest BCUT2D eigenvalue weighted by molar-refractivity contribution is 9.10. The Kier molecular flexibility index (Phi) is 10.6. The lowest BCUT2D eigenvalue weighted by atomic mass is 10.1. The SMILES string of the molecule is CCCCNC(=O)C(C)N(Cc1cccc(Br)c1)C(=O)CN(c1ccc(CC)cc1)S(C)(=O)=O. The molecule has 2 amide bonds. The Morgan fingerprint density at radius 1 is 1.06 bits per heavy atom. The number of aryl methyl sites for hydroxylation is 1. The molecule has 0 saturated heterocycles. The number of nitrogens with one attached hydrogen (secondary N) is 1. The molecule has 34 heavy (non-hydrogen) atoms. The summed E-state index contributed by atoms with van der Waals surface area (Å²) in [7, 11) is -3.73. The molecule has 9 heteroatoms. The van der Waals surface area contributed by atoms with E-state index in [1.165, 1.54) is 4.90 Å². The van der Waals surface area contributed by atoms with Gasteiger partial charge in [0.25, 0.3) is 0 Å². The van der Waals surface area contributed by atoms with Crippen molar-refractivity contribution in [2.24, 2.45) is 0 Å². The van der Waals surface area contributed by atoms with Gasteiger partial charge in [0.1, 0.15) is 12.6 Å². The van der Waals surface area contributed by atoms with Gasteiger partial charge < -0.3 is 10.2 Å². The van der Waals surface area contributed by atoms with Crippen molar-refractivity contribution in [3.63, 3.8) is 0 Å². The molecule has 1 unspecified atom stereocenters. The quantitative estimate of drug-likeness (QED) is 0.402. The number of nitrogens with zero attached hydrogens (tertiary/aromatic N) is 2. The summed E-state index contributed by atoms with van der Waals surface area (Å²) < 4.78 is 27.1. The summed E-state index contributed by atoms with van der Waals surface area (Å²) >= 11 is 3.44. The highest BCUT2D eigenvalue weighted by atomic mass is 79.9. The zero-order valence-electron chi connectivity index (χ0n) is 20.3. The van der Waals surface area contributed by atoms with E-state index in [2.05, 4.69) is 21.2 Å². The van der Waals surface area contributed by atoms with E-state index in [9.17, 15) is 18.0 Å². The molecule has 2 aromatic rings. The van der Waals surface area contributed by atoms with Crippen LogP contribution in [0.3, 0.4) is 0 Å². The van der Waals surface area contributed by atoms with Crippen LogP contribution in [0, 0.1) is 0 Å². The molecular formula is C25H34BrN3O4S. The second-order valence-corrected chi connectivity index (χ2v) is 11.1. The minimum atomic E-state index is -3.73. The number of anilines is 1. The van der Waals surface area contributed by atoms with Crippen molar-refractivity contribution in [1.29, 1.82) is 0 Å². The molecule has 0 saturated carbocycles. The molecular weight excluding hydrogens is 518 g/mol. The van der Waals surface area contributed by atoms with Gasteiger partial charge in [-0.05, 0) is 55.2 Å². The maximum Gasteiger partial charge on any atom is 0.244 e. The van der Waals surface area contributed by atoms with Crippen molar-refractivity contribution < 1.29 is 18.0 Å². The molecule has 1 atom stereocenters. The zero-order valence-corrected chi connectivity index (χ0v) is 22.7. The summed E-state index contributed by atoms with van der Waals surface area (Å²) in [5.41, 5.74) is 2.31. The summed E-state index contributed by atoms with van der Waals surface area (Å²) in [6.07, 6.45) is 3.68. The molecule has 0 aliphatic heterocycles. The van der Waals surface area contributed by atoms with Gasteiger partial charge in [-0.1, -0.05) is 60.5 Å². The van der Waals surface area contributed by atoms with Crippen molar-refractivity contribution in [1.82, 2.24) is 10.2 Å². The average Bonchev–Trinajstić information content (AvgIpc) is 2.80. The molecule has 0 spiro atoms. The number of benzene rings is 2. The molecule has 0 radical (unpaired) electrons. The van der Waals surface area contributed by atoms with E-state index >= 15 is 0 Å². The van der Waals surface area contributed by atoms with Crippen LogP contribution in [-0.2, 0) is 32.6 Å². The third-order valence-electron chi connectivity index (χ3n) is 5.55. The number of unbranched alkanes of at least 4 members (excludes halogenated alkanes) is 1. The first-order chi connectivity index (χ1) is 16.1. The molecule has 7 nitrogen and oxygen atoms in total. The van der Waals surface area contributed by atoms with Gasteiger partial charge in [-0.2, -0.15) is 0 Å². The van der Waals surface area contributed by atoms with Crippen molar-refractivity contribution in [2.75, 3.05) is 23.7 Å². The van der Waals surface area contributed by atoms with Crippen molar-refractivity contribution in [3.05, 3.63) is 64.1 Å². The Labute approximate surface area is 211 Å². The van der Waals surface area contributed by atoms with Gasteiger partial charge in [-0.3, -0.25) is 13.9 Å². The van der Waals surface area contributed by atoms with Crippen LogP contribution in [0.1, 0.15) is 44.7 Å². The number of hydrogen-bond acceptors (Lipinski definition) is 4. The number of amides is 2. The first-order valence-corrected chi connectivity index (χ1v) is 14.1. The Bertz CT molecular complexity index is 1070. The largest absolute Gasteiger partial charge is 0.354 e. The van der Waals surface area contributed by atoms with Crippen LogP contribution in [0.2, 0.25) is 0 Å². The second kappa shape index (κ2) is 12.9. The van der Waals surface area contributed by atoms with Crippen LogP contribution in [0.4, 0.5) is 5.69 Å². The predicted octanol–water partition coefficient (Wildman–Crippen LogP) is 4.11. The van der Waals surface area contributed by atoms with E-state index in [1.807, 2.05) is 50.2 Å². The average molecular weight is 553 g/mol. The lowest BCUT2D eigenvalue weighted by Gasteiger charge is -2.31. The summed E-state index contributed by atoms with van der Waals surface area (Å²) in [5, 5.41) is 2.87. The Morgan fingerprint density at radius 2 is 1.74 bits per heavy atom. The number of hydrogen-bond donors (Lipinski definition) is 1. The fourth-order valence-corrected chi connectivity index (χ4v) is 4.76. The number of halogens is 1. The minimum absolute atomic E-state index is 0.174. The first kappa shape index (κ1) is 27.9. The molecule has 0 aromatic heterocycles. The van der Waals surface area contributed by atoms with E-state index in [1.54, 1.807) is 19.1 Å². The maximum absolute atomic E-state index is 13.5. The van der Waals surface area contributed by atoms with Crippen molar-refractivity contribution >= 4 is 43.5 Å². The van der Waals surface area contributed by atoms with Gasteiger partial charge in [0.15, 0.2) is 0 Å². The molecule has 2 rings (SSSR count). The number of sulfonamides is 1. The van der Waals surface area contributed by atoms with Gasteiger partial charge in [-0.25, -0.2) is 8.42 Å². The fourth-order valence-electron chi connectivity index (χ4n) is 3.46. The molecule has 0 aliphatic carbocycles. The highest BCUT2D eigenvalue weighted by Crippen LogP contribution is 2.21. The zero-order chi connectivity index (χ0) is 25.3. The lowest BCUT2D eigenvalue weighted by Crippen LogP contribution is -2.51. The molecule has 0 aliphatic rings. The predicted molar refractivity (Wildman–Crippen MR) is 140 cm³/mol. The molecule has 2 aromatic carbocycles. The summed E-state index contributed by atoms with van der Waals surface area (Å²) in [5.74, 6) is -0.724. The van der Waals surface area contributed by atoms with Crippen LogP contribution >= 0.6 is 15.9 Å². The molecule has 0 fully saturated rings. The summed E-state index contributed by atoms with van der Waals surface area (Å²) in [6, 6.07) is 13.8. The molecule has 0 heterocycles. The standard InChI is InChI=1S/C25H34BrN3O4S/c1-5-7-15-27-25(31)19(3)28(17-21-9-8-10-22(26)16-21)24(30)18-29(34(4,32)33)23-13-11-20(6-2)12-14-23/h8-14,16,19H,5-7,15,17-18H2,1-4H3,(H,27,31). The molecule has 1 N–H and O–H groups in total. The third kappa shape index (κ3) is 8.13. The Balaban J connectivity index is 2.34. The molecule has 186 valence electrons. The van der Waals surface area contributed by atoms with E-state index < -0.39 is 28.5 Å². The Morgan fingerprint density at radius 3 is 2.29 bits per heavy atom. The number of carbonyl (C=O) groups excluding carboxylic acids is 2. The van der Waals surface area contributed by atoms with Crippen LogP contribution in [0.15, 0.2) is 53.0 Å². The van der Waals surface area contributed by atoms with E-state index in [4.69, 9.17) is 0 Å². The summed E-state index contributed by atoms with van der Waals surface area (Å²) in [6.45, 7) is 6.01. The van der Waals surface area contributed by atoms with Crippen LogP contribution in [-0.4, -0.2) is 50.5 Å². The molecule has 0 bridgehead atoms. The van der Waals surface area contributed by atoms with Crippen molar-refractivity contribution in [3.8, 4) is 0 Å². The van der Waals surface area contributed by atoms with Crippen LogP contribution < -0.4 is 9.62 Å². The highest BCUT2D eigenvalue weighted by Gasteiger charge is 2.30. The van der Waals surface area contributed by atoms with E-state index in [-0.39, 0.29) is 12.5 Å². The third-order valence-corrected chi connectivity index (χ3v) is 7.18. The number of rotatable bonds is 12. The fraction of sp³-hybridized carbons (Fsp3) is 0.440. The van der Waals surface area contributed by atoms with Crippen LogP contribution in [0.5, 0.6) is 0 Å². The minimum Gasteiger partial charge on any atom is -0.354 e. The summed E-state index contributed by atoms with van der Waals surface area (Å²) in [4.78, 5) is 27.7. The Hall–Kier alpha value is -2.39. The van der Waals surface area contributed by atoms with Gasteiger partial charge in [0.2, 0.25) is 21.8 Å². The first-order valence-electron chi connectivity index (χ1n) is 11.4. The van der Waals surface area contributed by atoms with Gasteiger partial charge >= 0.3 is 0 Å². The van der Waals surface area contributed by atoms with Gasteiger partial charge in [-0.15, -0.1) is 0 Å². The van der Waals surface area contributed by atoms with Gasteiger partial charge in [0.05, 0.1) is 11.9 Å². The van der Waals surface area contributed by atoms with E-state index in [0.717, 1.165) is 45.4 Å². The van der Waals surface area contributed by atoms with Gasteiger partial charge in [0, 0.05) is 17.6 Å².